The van der Waals surface area contributed by atoms with Gasteiger partial charge < -0.3 is 4.90 Å². The molecule has 112 valence electrons. The number of nitrogens with zero attached hydrogens (tertiary/aromatic N) is 1. The smallest absolute Gasteiger partial charge is 0.229 e. The summed E-state index contributed by atoms with van der Waals surface area (Å²) in [5.74, 6) is 1.17. The summed E-state index contributed by atoms with van der Waals surface area (Å²) in [5.41, 5.74) is -0.908. The van der Waals surface area contributed by atoms with Crippen LogP contribution in [0.15, 0.2) is 0 Å². The molecule has 3 rings (SSSR count). The van der Waals surface area contributed by atoms with Crippen LogP contribution in [0.3, 0.4) is 0 Å². The number of likely N-dealkylation sites (tertiary alicyclic amines) is 1. The van der Waals surface area contributed by atoms with Crippen LogP contribution in [0.2, 0.25) is 0 Å². The van der Waals surface area contributed by atoms with Gasteiger partial charge in [0, 0.05) is 24.9 Å². The Morgan fingerprint density at radius 1 is 1.25 bits per heavy atom. The van der Waals surface area contributed by atoms with Crippen LogP contribution in [0.4, 0.5) is 0 Å². The quantitative estimate of drug-likeness (QED) is 0.739. The van der Waals surface area contributed by atoms with E-state index in [1.807, 2.05) is 0 Å². The van der Waals surface area contributed by atoms with Crippen molar-refractivity contribution in [2.45, 2.75) is 59.8 Å². The zero-order chi connectivity index (χ0) is 14.8. The number of ketones is 1. The zero-order valence-corrected chi connectivity index (χ0v) is 13.3. The fraction of sp³-hybridized carbons (Fsp3) is 0.882. The second-order valence-electron chi connectivity index (χ2n) is 8.14. The van der Waals surface area contributed by atoms with E-state index in [0.717, 1.165) is 32.4 Å². The van der Waals surface area contributed by atoms with E-state index >= 15 is 0 Å². The molecular weight excluding hydrogens is 250 g/mol. The average Bonchev–Trinajstić information content (AvgIpc) is 2.68. The summed E-state index contributed by atoms with van der Waals surface area (Å²) in [7, 11) is 0. The van der Waals surface area contributed by atoms with Crippen LogP contribution < -0.4 is 0 Å². The number of rotatable bonds is 1. The Bertz CT molecular complexity index is 470. The van der Waals surface area contributed by atoms with Gasteiger partial charge in [-0.3, -0.25) is 9.59 Å². The summed E-state index contributed by atoms with van der Waals surface area (Å²) in [6.45, 7) is 10.4. The summed E-state index contributed by atoms with van der Waals surface area (Å²) in [6.07, 6.45) is 4.57. The van der Waals surface area contributed by atoms with Gasteiger partial charge in [0.25, 0.3) is 0 Å². The Hall–Kier alpha value is -0.860. The third-order valence-corrected chi connectivity index (χ3v) is 7.06. The van der Waals surface area contributed by atoms with E-state index in [0.29, 0.717) is 18.1 Å². The van der Waals surface area contributed by atoms with Gasteiger partial charge in [0.15, 0.2) is 0 Å². The molecule has 20 heavy (non-hydrogen) atoms. The first kappa shape index (κ1) is 14.1. The molecule has 0 N–H and O–H groups in total. The lowest BCUT2D eigenvalue weighted by atomic mass is 9.64. The Morgan fingerprint density at radius 2 is 1.95 bits per heavy atom. The molecule has 3 heteroatoms. The normalized spacial score (nSPS) is 43.1. The van der Waals surface area contributed by atoms with Crippen molar-refractivity contribution in [2.75, 3.05) is 13.1 Å². The molecule has 0 spiro atoms. The van der Waals surface area contributed by atoms with E-state index in [-0.39, 0.29) is 16.7 Å². The second kappa shape index (κ2) is 4.08. The predicted octanol–water partition coefficient (Wildman–Crippen LogP) is 3.03. The molecule has 3 fully saturated rings. The van der Waals surface area contributed by atoms with Crippen LogP contribution in [0, 0.1) is 22.2 Å². The molecule has 0 aromatic heterocycles. The zero-order valence-electron chi connectivity index (χ0n) is 13.3. The van der Waals surface area contributed by atoms with Gasteiger partial charge >= 0.3 is 0 Å². The maximum atomic E-state index is 13.2. The average molecular weight is 277 g/mol. The minimum absolute atomic E-state index is 0.200. The van der Waals surface area contributed by atoms with Crippen molar-refractivity contribution in [3.05, 3.63) is 0 Å². The van der Waals surface area contributed by atoms with Gasteiger partial charge in [0.2, 0.25) is 5.91 Å². The molecule has 1 amide bonds. The number of Topliss-reactive ketones (excluding diaryl/α,β-unsaturated/α-hetero) is 1. The molecule has 3 atom stereocenters. The van der Waals surface area contributed by atoms with Crippen molar-refractivity contribution >= 4 is 11.7 Å². The molecule has 0 unspecified atom stereocenters. The minimum atomic E-state index is -0.421. The number of carbonyl (C=O) groups is 2. The van der Waals surface area contributed by atoms with Gasteiger partial charge in [-0.25, -0.2) is 0 Å². The van der Waals surface area contributed by atoms with Gasteiger partial charge in [0.1, 0.15) is 5.78 Å². The van der Waals surface area contributed by atoms with Crippen molar-refractivity contribution in [2.24, 2.45) is 22.2 Å². The van der Waals surface area contributed by atoms with Crippen LogP contribution in [-0.2, 0) is 9.59 Å². The number of amides is 1. The Labute approximate surface area is 122 Å². The standard InChI is InChI=1S/C17H27NO2/c1-12-6-5-9-18(11-12)14(20)17-8-7-16(4,13(19)10-17)15(17,2)3/h12H,5-11H2,1-4H3/t12-,16+,17-/m0/s1. The first-order chi connectivity index (χ1) is 9.24. The molecule has 1 heterocycles. The lowest BCUT2D eigenvalue weighted by Gasteiger charge is -2.43. The van der Waals surface area contributed by atoms with Gasteiger partial charge in [-0.1, -0.05) is 27.7 Å². The molecule has 2 aliphatic carbocycles. The van der Waals surface area contributed by atoms with E-state index in [2.05, 4.69) is 32.6 Å². The Kier molecular flexibility index (Phi) is 2.88. The van der Waals surface area contributed by atoms with Crippen molar-refractivity contribution in [3.8, 4) is 0 Å². The van der Waals surface area contributed by atoms with Crippen molar-refractivity contribution < 1.29 is 9.59 Å². The summed E-state index contributed by atoms with van der Waals surface area (Å²) < 4.78 is 0. The van der Waals surface area contributed by atoms with Gasteiger partial charge in [-0.05, 0) is 37.0 Å². The van der Waals surface area contributed by atoms with Gasteiger partial charge in [-0.2, -0.15) is 0 Å². The Morgan fingerprint density at radius 3 is 2.45 bits per heavy atom. The van der Waals surface area contributed by atoms with Crippen LogP contribution in [0.25, 0.3) is 0 Å². The molecule has 1 aliphatic heterocycles. The summed E-state index contributed by atoms with van der Waals surface area (Å²) in [5, 5.41) is 0. The molecule has 2 bridgehead atoms. The van der Waals surface area contributed by atoms with Crippen molar-refractivity contribution in [1.82, 2.24) is 4.90 Å². The minimum Gasteiger partial charge on any atom is -0.342 e. The highest BCUT2D eigenvalue weighted by molar-refractivity contribution is 5.99. The maximum absolute atomic E-state index is 13.2. The summed E-state index contributed by atoms with van der Waals surface area (Å²) >= 11 is 0. The van der Waals surface area contributed by atoms with Gasteiger partial charge in [-0.15, -0.1) is 0 Å². The fourth-order valence-corrected chi connectivity index (χ4v) is 5.01. The topological polar surface area (TPSA) is 37.4 Å². The van der Waals surface area contributed by atoms with Crippen molar-refractivity contribution in [1.29, 1.82) is 0 Å². The van der Waals surface area contributed by atoms with Crippen LogP contribution in [0.5, 0.6) is 0 Å². The third-order valence-electron chi connectivity index (χ3n) is 7.06. The lowest BCUT2D eigenvalue weighted by Crippen LogP contribution is -2.51. The maximum Gasteiger partial charge on any atom is 0.229 e. The van der Waals surface area contributed by atoms with E-state index in [9.17, 15) is 9.59 Å². The second-order valence-corrected chi connectivity index (χ2v) is 8.14. The summed E-state index contributed by atoms with van der Waals surface area (Å²) in [6, 6.07) is 0. The molecule has 3 aliphatic rings. The lowest BCUT2D eigenvalue weighted by molar-refractivity contribution is -0.149. The van der Waals surface area contributed by atoms with Gasteiger partial charge in [0.05, 0.1) is 5.41 Å². The number of piperidine rings is 1. The van der Waals surface area contributed by atoms with Crippen molar-refractivity contribution in [3.63, 3.8) is 0 Å². The highest BCUT2D eigenvalue weighted by atomic mass is 16.2. The first-order valence-electron chi connectivity index (χ1n) is 8.07. The highest BCUT2D eigenvalue weighted by Crippen LogP contribution is 2.71. The van der Waals surface area contributed by atoms with E-state index in [1.54, 1.807) is 0 Å². The number of carbonyl (C=O) groups excluding carboxylic acids is 2. The van der Waals surface area contributed by atoms with E-state index in [4.69, 9.17) is 0 Å². The highest BCUT2D eigenvalue weighted by Gasteiger charge is 2.73. The van der Waals surface area contributed by atoms with E-state index in [1.165, 1.54) is 6.42 Å². The largest absolute Gasteiger partial charge is 0.342 e. The Balaban J connectivity index is 1.93. The van der Waals surface area contributed by atoms with Crippen LogP contribution in [-0.4, -0.2) is 29.7 Å². The SMILES string of the molecule is C[C@H]1CCCN(C(=O)[C@]23CC[C@](C)(C(=O)C2)C3(C)C)C1. The molecule has 0 aromatic carbocycles. The predicted molar refractivity (Wildman–Crippen MR) is 78.2 cm³/mol. The third kappa shape index (κ3) is 1.47. The number of hydrogen-bond donors (Lipinski definition) is 0. The molecular formula is C17H27NO2. The monoisotopic (exact) mass is 277 g/mol. The fourth-order valence-electron chi connectivity index (χ4n) is 5.01. The molecule has 2 saturated carbocycles. The molecule has 0 aromatic rings. The molecule has 3 nitrogen and oxygen atoms in total. The number of fused-ring (bicyclic) bond motifs is 2. The van der Waals surface area contributed by atoms with E-state index < -0.39 is 5.41 Å². The van der Waals surface area contributed by atoms with Crippen LogP contribution >= 0.6 is 0 Å². The van der Waals surface area contributed by atoms with Crippen LogP contribution in [0.1, 0.15) is 59.8 Å². The molecule has 0 radical (unpaired) electrons. The molecule has 1 saturated heterocycles. The summed E-state index contributed by atoms with van der Waals surface area (Å²) in [4.78, 5) is 27.7. The number of hydrogen-bond acceptors (Lipinski definition) is 2. The first-order valence-corrected chi connectivity index (χ1v) is 8.07.